The lowest BCUT2D eigenvalue weighted by Crippen LogP contribution is -2.12. The van der Waals surface area contributed by atoms with E-state index in [0.717, 1.165) is 22.0 Å². The van der Waals surface area contributed by atoms with Crippen molar-refractivity contribution in [2.75, 3.05) is 0 Å². The molecule has 0 aliphatic heterocycles. The first kappa shape index (κ1) is 13.1. The Bertz CT molecular complexity index is 823. The maximum Gasteiger partial charge on any atom is 0.249 e. The Kier molecular flexibility index (Phi) is 3.48. The van der Waals surface area contributed by atoms with E-state index in [2.05, 4.69) is 4.98 Å². The monoisotopic (exact) mass is 274 g/mol. The Morgan fingerprint density at radius 1 is 1.00 bits per heavy atom. The van der Waals surface area contributed by atoms with Gasteiger partial charge in [0.1, 0.15) is 0 Å². The van der Waals surface area contributed by atoms with E-state index >= 15 is 0 Å². The molecule has 0 atom stereocenters. The van der Waals surface area contributed by atoms with Crippen LogP contribution in [0.4, 0.5) is 0 Å². The second-order valence-corrected chi connectivity index (χ2v) is 4.75. The van der Waals surface area contributed by atoms with Gasteiger partial charge >= 0.3 is 0 Å². The lowest BCUT2D eigenvalue weighted by molar-refractivity contribution is -0.112. The van der Waals surface area contributed by atoms with Crippen LogP contribution in [0.3, 0.4) is 0 Å². The number of para-hydroxylation sites is 1. The van der Waals surface area contributed by atoms with Crippen molar-refractivity contribution in [3.05, 3.63) is 78.0 Å². The first-order chi connectivity index (χ1) is 10.2. The summed E-state index contributed by atoms with van der Waals surface area (Å²) < 4.78 is 0. The summed E-state index contributed by atoms with van der Waals surface area (Å²) in [6, 6.07) is 19.2. The van der Waals surface area contributed by atoms with E-state index < -0.39 is 5.91 Å². The molecule has 102 valence electrons. The first-order valence-corrected chi connectivity index (χ1v) is 6.66. The predicted octanol–water partition coefficient (Wildman–Crippen LogP) is 3.26. The molecular formula is C18H14N2O. The fourth-order valence-corrected chi connectivity index (χ4v) is 2.25. The third kappa shape index (κ3) is 2.82. The lowest BCUT2D eigenvalue weighted by Gasteiger charge is -2.04. The number of nitrogens with two attached hydrogens (primary N) is 1. The standard InChI is InChI=1S/C18H14N2O/c19-18(21)16(14-6-2-1-3-7-14)11-13-10-15-8-4-5-9-17(15)20-12-13/h1-12H,(H2,19,21). The van der Waals surface area contributed by atoms with Gasteiger partial charge in [0.05, 0.1) is 5.52 Å². The number of fused-ring (bicyclic) bond motifs is 1. The molecule has 0 aliphatic rings. The molecule has 21 heavy (non-hydrogen) atoms. The van der Waals surface area contributed by atoms with Gasteiger partial charge in [0.2, 0.25) is 5.91 Å². The van der Waals surface area contributed by atoms with Crippen LogP contribution in [0.1, 0.15) is 11.1 Å². The molecule has 3 aromatic rings. The minimum atomic E-state index is -0.450. The largest absolute Gasteiger partial charge is 0.366 e. The number of rotatable bonds is 3. The summed E-state index contributed by atoms with van der Waals surface area (Å²) in [6.07, 6.45) is 3.52. The van der Waals surface area contributed by atoms with Gasteiger partial charge in [0.25, 0.3) is 0 Å². The molecule has 0 unspecified atom stereocenters. The van der Waals surface area contributed by atoms with Crippen molar-refractivity contribution in [1.82, 2.24) is 4.98 Å². The van der Waals surface area contributed by atoms with Crippen LogP contribution in [-0.2, 0) is 4.79 Å². The quantitative estimate of drug-likeness (QED) is 0.745. The molecule has 1 heterocycles. The number of primary amides is 1. The minimum absolute atomic E-state index is 0.450. The van der Waals surface area contributed by atoms with Gasteiger partial charge in [-0.05, 0) is 29.3 Å². The summed E-state index contributed by atoms with van der Waals surface area (Å²) in [4.78, 5) is 16.1. The van der Waals surface area contributed by atoms with Gasteiger partial charge in [-0.2, -0.15) is 0 Å². The summed E-state index contributed by atoms with van der Waals surface area (Å²) in [5.74, 6) is -0.450. The number of carbonyl (C=O) groups excluding carboxylic acids is 1. The van der Waals surface area contributed by atoms with Gasteiger partial charge in [-0.3, -0.25) is 9.78 Å². The molecule has 0 radical (unpaired) electrons. The number of benzene rings is 2. The minimum Gasteiger partial charge on any atom is -0.366 e. The molecule has 0 fully saturated rings. The molecule has 0 bridgehead atoms. The highest BCUT2D eigenvalue weighted by Gasteiger charge is 2.08. The number of hydrogen-bond donors (Lipinski definition) is 1. The molecule has 3 nitrogen and oxygen atoms in total. The summed E-state index contributed by atoms with van der Waals surface area (Å²) in [5, 5.41) is 1.03. The van der Waals surface area contributed by atoms with Gasteiger partial charge in [0, 0.05) is 17.2 Å². The Morgan fingerprint density at radius 3 is 2.48 bits per heavy atom. The van der Waals surface area contributed by atoms with Gasteiger partial charge in [-0.1, -0.05) is 48.5 Å². The van der Waals surface area contributed by atoms with Gasteiger partial charge < -0.3 is 5.73 Å². The molecule has 2 aromatic carbocycles. The highest BCUT2D eigenvalue weighted by atomic mass is 16.1. The first-order valence-electron chi connectivity index (χ1n) is 6.66. The third-order valence-electron chi connectivity index (χ3n) is 3.27. The zero-order chi connectivity index (χ0) is 14.7. The molecule has 1 aromatic heterocycles. The van der Waals surface area contributed by atoms with Gasteiger partial charge in [0.15, 0.2) is 0 Å². The van der Waals surface area contributed by atoms with Crippen molar-refractivity contribution in [2.45, 2.75) is 0 Å². The zero-order valence-corrected chi connectivity index (χ0v) is 11.4. The second-order valence-electron chi connectivity index (χ2n) is 4.75. The normalized spacial score (nSPS) is 11.5. The maximum atomic E-state index is 11.7. The number of aromatic nitrogens is 1. The molecule has 0 saturated carbocycles. The fraction of sp³-hybridized carbons (Fsp3) is 0. The molecule has 0 aliphatic carbocycles. The van der Waals surface area contributed by atoms with Crippen LogP contribution in [-0.4, -0.2) is 10.9 Å². The molecule has 0 spiro atoms. The van der Waals surface area contributed by atoms with Gasteiger partial charge in [-0.15, -0.1) is 0 Å². The van der Waals surface area contributed by atoms with Crippen LogP contribution in [0.5, 0.6) is 0 Å². The van der Waals surface area contributed by atoms with Crippen LogP contribution in [0.2, 0.25) is 0 Å². The second kappa shape index (κ2) is 5.59. The van der Waals surface area contributed by atoms with E-state index in [1.54, 1.807) is 12.3 Å². The Balaban J connectivity index is 2.09. The Hall–Kier alpha value is -2.94. The third-order valence-corrected chi connectivity index (χ3v) is 3.27. The van der Waals surface area contributed by atoms with Crippen LogP contribution in [0, 0.1) is 0 Å². The number of pyridine rings is 1. The van der Waals surface area contributed by atoms with Crippen molar-refractivity contribution < 1.29 is 4.79 Å². The summed E-state index contributed by atoms with van der Waals surface area (Å²) >= 11 is 0. The summed E-state index contributed by atoms with van der Waals surface area (Å²) in [5.41, 5.74) is 8.56. The summed E-state index contributed by atoms with van der Waals surface area (Å²) in [7, 11) is 0. The maximum absolute atomic E-state index is 11.7. The van der Waals surface area contributed by atoms with E-state index in [1.165, 1.54) is 0 Å². The van der Waals surface area contributed by atoms with E-state index in [0.29, 0.717) is 5.57 Å². The number of nitrogens with zero attached hydrogens (tertiary/aromatic N) is 1. The lowest BCUT2D eigenvalue weighted by atomic mass is 10.0. The number of carbonyl (C=O) groups is 1. The van der Waals surface area contributed by atoms with E-state index in [-0.39, 0.29) is 0 Å². The number of hydrogen-bond acceptors (Lipinski definition) is 2. The average molecular weight is 274 g/mol. The highest BCUT2D eigenvalue weighted by molar-refractivity contribution is 6.23. The van der Waals surface area contributed by atoms with Gasteiger partial charge in [-0.25, -0.2) is 0 Å². The molecule has 3 heteroatoms. The van der Waals surface area contributed by atoms with Crippen LogP contribution in [0.25, 0.3) is 22.6 Å². The van der Waals surface area contributed by atoms with Crippen molar-refractivity contribution in [2.24, 2.45) is 5.73 Å². The van der Waals surface area contributed by atoms with Crippen molar-refractivity contribution in [1.29, 1.82) is 0 Å². The zero-order valence-electron chi connectivity index (χ0n) is 11.4. The molecular weight excluding hydrogens is 260 g/mol. The Morgan fingerprint density at radius 2 is 1.71 bits per heavy atom. The number of amides is 1. The average Bonchev–Trinajstić information content (AvgIpc) is 2.53. The SMILES string of the molecule is NC(=O)C(=Cc1cnc2ccccc2c1)c1ccccc1. The molecule has 3 rings (SSSR count). The van der Waals surface area contributed by atoms with Crippen molar-refractivity contribution >= 4 is 28.5 Å². The van der Waals surface area contributed by atoms with Crippen molar-refractivity contribution in [3.8, 4) is 0 Å². The molecule has 2 N–H and O–H groups in total. The van der Waals surface area contributed by atoms with Crippen LogP contribution >= 0.6 is 0 Å². The Labute approximate surface area is 122 Å². The summed E-state index contributed by atoms with van der Waals surface area (Å²) in [6.45, 7) is 0. The van der Waals surface area contributed by atoms with Crippen LogP contribution < -0.4 is 5.73 Å². The molecule has 1 amide bonds. The fourth-order valence-electron chi connectivity index (χ4n) is 2.25. The molecule has 0 saturated heterocycles. The smallest absolute Gasteiger partial charge is 0.249 e. The van der Waals surface area contributed by atoms with Crippen LogP contribution in [0.15, 0.2) is 66.9 Å². The highest BCUT2D eigenvalue weighted by Crippen LogP contribution is 2.20. The topological polar surface area (TPSA) is 56.0 Å². The predicted molar refractivity (Wildman–Crippen MR) is 85.3 cm³/mol. The van der Waals surface area contributed by atoms with Crippen molar-refractivity contribution in [3.63, 3.8) is 0 Å². The van der Waals surface area contributed by atoms with E-state index in [1.807, 2.05) is 60.7 Å². The van der Waals surface area contributed by atoms with E-state index in [4.69, 9.17) is 5.73 Å². The van der Waals surface area contributed by atoms with E-state index in [9.17, 15) is 4.79 Å².